The first kappa shape index (κ1) is 13.2. The van der Waals surface area contributed by atoms with Gasteiger partial charge in [-0.25, -0.2) is 0 Å². The molecule has 0 aliphatic heterocycles. The number of rotatable bonds is 2. The minimum absolute atomic E-state index is 0.193. The molecule has 0 N–H and O–H groups in total. The van der Waals surface area contributed by atoms with Crippen LogP contribution in [0.15, 0.2) is 12.1 Å². The monoisotopic (exact) mass is 316 g/mol. The van der Waals surface area contributed by atoms with Gasteiger partial charge in [-0.05, 0) is 43.5 Å². The Morgan fingerprint density at radius 1 is 1.29 bits per heavy atom. The van der Waals surface area contributed by atoms with Crippen LogP contribution in [0.3, 0.4) is 0 Å². The van der Waals surface area contributed by atoms with Gasteiger partial charge >= 0.3 is 0 Å². The van der Waals surface area contributed by atoms with E-state index in [-0.39, 0.29) is 11.5 Å². The van der Waals surface area contributed by atoms with Gasteiger partial charge in [0.1, 0.15) is 11.9 Å². The normalized spacial score (nSPS) is 26.5. The minimum atomic E-state index is 0.193. The predicted octanol–water partition coefficient (Wildman–Crippen LogP) is 4.90. The average Bonchev–Trinajstić information content (AvgIpc) is 2.21. The molecule has 0 saturated heterocycles. The molecule has 94 valence electrons. The molecule has 0 aromatic heterocycles. The smallest absolute Gasteiger partial charge is 0.125 e. The molecule has 0 bridgehead atoms. The molecule has 0 spiro atoms. The second-order valence-corrected chi connectivity index (χ2v) is 7.04. The summed E-state index contributed by atoms with van der Waals surface area (Å²) in [5.41, 5.74) is 2.42. The number of hydrogen-bond acceptors (Lipinski definition) is 1. The molecule has 1 aliphatic rings. The highest BCUT2D eigenvalue weighted by atomic mass is 79.9. The van der Waals surface area contributed by atoms with E-state index in [1.54, 1.807) is 0 Å². The fraction of sp³-hybridized carbons (Fsp3) is 0.571. The molecule has 17 heavy (non-hydrogen) atoms. The first-order valence-electron chi connectivity index (χ1n) is 5.90. The SMILES string of the molecule is Cc1cc(Cl)cc(C)c1OC1CC(Br)C1(C)C. The summed E-state index contributed by atoms with van der Waals surface area (Å²) in [6.45, 7) is 8.57. The van der Waals surface area contributed by atoms with E-state index >= 15 is 0 Å². The van der Waals surface area contributed by atoms with E-state index in [0.29, 0.717) is 4.83 Å². The van der Waals surface area contributed by atoms with Crippen LogP contribution in [-0.2, 0) is 0 Å². The van der Waals surface area contributed by atoms with Crippen LogP contribution < -0.4 is 4.74 Å². The summed E-state index contributed by atoms with van der Waals surface area (Å²) in [5.74, 6) is 0.992. The zero-order chi connectivity index (χ0) is 12.8. The lowest BCUT2D eigenvalue weighted by Gasteiger charge is -2.49. The lowest BCUT2D eigenvalue weighted by atomic mass is 9.69. The molecule has 1 saturated carbocycles. The molecule has 3 heteroatoms. The van der Waals surface area contributed by atoms with Gasteiger partial charge in [0, 0.05) is 15.3 Å². The highest BCUT2D eigenvalue weighted by Gasteiger charge is 2.48. The van der Waals surface area contributed by atoms with Gasteiger partial charge in [-0.2, -0.15) is 0 Å². The predicted molar refractivity (Wildman–Crippen MR) is 76.5 cm³/mol. The standard InChI is InChI=1S/C14H18BrClO/c1-8-5-10(16)6-9(2)13(8)17-12-7-11(15)14(12,3)4/h5-6,11-12H,7H2,1-4H3. The highest BCUT2D eigenvalue weighted by Crippen LogP contribution is 2.48. The van der Waals surface area contributed by atoms with Gasteiger partial charge in [0.05, 0.1) is 0 Å². The second kappa shape index (κ2) is 4.47. The van der Waals surface area contributed by atoms with Crippen molar-refractivity contribution in [2.24, 2.45) is 5.41 Å². The summed E-state index contributed by atoms with van der Waals surface area (Å²) < 4.78 is 6.16. The van der Waals surface area contributed by atoms with Crippen molar-refractivity contribution in [2.45, 2.75) is 45.0 Å². The van der Waals surface area contributed by atoms with Crippen LogP contribution in [0.25, 0.3) is 0 Å². The molecular formula is C14H18BrClO. The summed E-state index contributed by atoms with van der Waals surface area (Å²) in [5, 5.41) is 0.776. The summed E-state index contributed by atoms with van der Waals surface area (Å²) in [6.07, 6.45) is 1.35. The van der Waals surface area contributed by atoms with Crippen LogP contribution in [-0.4, -0.2) is 10.9 Å². The van der Waals surface area contributed by atoms with Gasteiger partial charge in [-0.1, -0.05) is 41.4 Å². The van der Waals surface area contributed by atoms with Gasteiger partial charge in [-0.15, -0.1) is 0 Å². The molecule has 2 unspecified atom stereocenters. The third-order valence-corrected chi connectivity index (χ3v) is 5.52. The van der Waals surface area contributed by atoms with Gasteiger partial charge < -0.3 is 4.74 Å². The van der Waals surface area contributed by atoms with E-state index < -0.39 is 0 Å². The zero-order valence-electron chi connectivity index (χ0n) is 10.7. The zero-order valence-corrected chi connectivity index (χ0v) is 13.0. The van der Waals surface area contributed by atoms with Gasteiger partial charge in [0.15, 0.2) is 0 Å². The lowest BCUT2D eigenvalue weighted by Crippen LogP contribution is -2.53. The topological polar surface area (TPSA) is 9.23 Å². The van der Waals surface area contributed by atoms with Crippen molar-refractivity contribution in [3.8, 4) is 5.75 Å². The minimum Gasteiger partial charge on any atom is -0.489 e. The molecule has 0 amide bonds. The maximum atomic E-state index is 6.16. The molecule has 2 atom stereocenters. The van der Waals surface area contributed by atoms with Crippen molar-refractivity contribution in [3.05, 3.63) is 28.3 Å². The van der Waals surface area contributed by atoms with Crippen LogP contribution in [0.5, 0.6) is 5.75 Å². The van der Waals surface area contributed by atoms with Crippen molar-refractivity contribution in [1.29, 1.82) is 0 Å². The summed E-state index contributed by atoms with van der Waals surface area (Å²) >= 11 is 9.71. The molecule has 1 nitrogen and oxygen atoms in total. The Labute approximate surface area is 117 Å². The fourth-order valence-electron chi connectivity index (χ4n) is 2.26. The summed E-state index contributed by atoms with van der Waals surface area (Å²) in [4.78, 5) is 0.549. The van der Waals surface area contributed by atoms with Crippen molar-refractivity contribution >= 4 is 27.5 Å². The molecule has 1 aromatic carbocycles. The largest absolute Gasteiger partial charge is 0.489 e. The first-order valence-corrected chi connectivity index (χ1v) is 7.19. The van der Waals surface area contributed by atoms with Gasteiger partial charge in [0.2, 0.25) is 0 Å². The van der Waals surface area contributed by atoms with Gasteiger partial charge in [-0.3, -0.25) is 0 Å². The third kappa shape index (κ3) is 2.34. The first-order chi connectivity index (χ1) is 7.82. The van der Waals surface area contributed by atoms with Crippen LogP contribution in [0.1, 0.15) is 31.4 Å². The molecule has 1 aromatic rings. The number of alkyl halides is 1. The van der Waals surface area contributed by atoms with Crippen molar-refractivity contribution in [1.82, 2.24) is 0 Å². The quantitative estimate of drug-likeness (QED) is 0.705. The van der Waals surface area contributed by atoms with E-state index in [9.17, 15) is 0 Å². The molecular weight excluding hydrogens is 300 g/mol. The fourth-order valence-corrected chi connectivity index (χ4v) is 3.22. The maximum Gasteiger partial charge on any atom is 0.125 e. The second-order valence-electron chi connectivity index (χ2n) is 5.50. The van der Waals surface area contributed by atoms with Crippen molar-refractivity contribution in [2.75, 3.05) is 0 Å². The Balaban J connectivity index is 2.21. The number of aryl methyl sites for hydroxylation is 2. The lowest BCUT2D eigenvalue weighted by molar-refractivity contribution is -0.00865. The Morgan fingerprint density at radius 3 is 2.24 bits per heavy atom. The summed E-state index contributed by atoms with van der Waals surface area (Å²) in [6, 6.07) is 3.92. The number of ether oxygens (including phenoxy) is 1. The van der Waals surface area contributed by atoms with E-state index in [1.807, 2.05) is 26.0 Å². The molecule has 1 fully saturated rings. The summed E-state index contributed by atoms with van der Waals surface area (Å²) in [7, 11) is 0. The third-order valence-electron chi connectivity index (χ3n) is 3.74. The Bertz CT molecular complexity index is 419. The molecule has 1 aliphatic carbocycles. The Morgan fingerprint density at radius 2 is 1.82 bits per heavy atom. The van der Waals surface area contributed by atoms with Crippen LogP contribution in [0.4, 0.5) is 0 Å². The van der Waals surface area contributed by atoms with Crippen LogP contribution in [0.2, 0.25) is 5.02 Å². The van der Waals surface area contributed by atoms with Gasteiger partial charge in [0.25, 0.3) is 0 Å². The number of hydrogen-bond donors (Lipinski definition) is 0. The average molecular weight is 318 g/mol. The van der Waals surface area contributed by atoms with Crippen LogP contribution in [0, 0.1) is 19.3 Å². The van der Waals surface area contributed by atoms with Crippen molar-refractivity contribution in [3.63, 3.8) is 0 Å². The molecule has 2 rings (SSSR count). The maximum absolute atomic E-state index is 6.16. The van der Waals surface area contributed by atoms with E-state index in [4.69, 9.17) is 16.3 Å². The van der Waals surface area contributed by atoms with E-state index in [0.717, 1.165) is 28.3 Å². The van der Waals surface area contributed by atoms with E-state index in [2.05, 4.69) is 29.8 Å². The number of benzene rings is 1. The van der Waals surface area contributed by atoms with Crippen molar-refractivity contribution < 1.29 is 4.74 Å². The number of halogens is 2. The highest BCUT2D eigenvalue weighted by molar-refractivity contribution is 9.09. The van der Waals surface area contributed by atoms with Crippen LogP contribution >= 0.6 is 27.5 Å². The van der Waals surface area contributed by atoms with E-state index in [1.165, 1.54) is 0 Å². The Hall–Kier alpha value is -0.210. The molecule has 0 radical (unpaired) electrons. The Kier molecular flexibility index (Phi) is 3.48. The molecule has 0 heterocycles.